The highest BCUT2D eigenvalue weighted by Crippen LogP contribution is 2.07. The van der Waals surface area contributed by atoms with E-state index in [9.17, 15) is 0 Å². The van der Waals surface area contributed by atoms with Gasteiger partial charge >= 0.3 is 0 Å². The quantitative estimate of drug-likeness (QED) is 0.758. The molecule has 0 aliphatic carbocycles. The molecule has 0 saturated carbocycles. The van der Waals surface area contributed by atoms with Crippen LogP contribution in [-0.2, 0) is 6.54 Å². The lowest BCUT2D eigenvalue weighted by atomic mass is 10.1. The fraction of sp³-hybridized carbons (Fsp3) is 0.600. The third-order valence-corrected chi connectivity index (χ3v) is 2.88. The van der Waals surface area contributed by atoms with Gasteiger partial charge in [0.15, 0.2) is 0 Å². The zero-order chi connectivity index (χ0) is 9.68. The van der Waals surface area contributed by atoms with Gasteiger partial charge in [0.2, 0.25) is 0 Å². The van der Waals surface area contributed by atoms with Gasteiger partial charge in [0, 0.05) is 12.6 Å². The Kier molecular flexibility index (Phi) is 4.42. The monoisotopic (exact) mass is 199 g/mol. The number of aliphatic hydroxyl groups excluding tert-OH is 1. The van der Waals surface area contributed by atoms with Gasteiger partial charge in [-0.3, -0.25) is 0 Å². The largest absolute Gasteiger partial charge is 0.395 e. The number of rotatable bonds is 5. The van der Waals surface area contributed by atoms with E-state index in [4.69, 9.17) is 5.11 Å². The Morgan fingerprint density at radius 3 is 2.77 bits per heavy atom. The molecule has 0 unspecified atom stereocenters. The average molecular weight is 199 g/mol. The summed E-state index contributed by atoms with van der Waals surface area (Å²) in [5.74, 6) is 0.476. The molecule has 1 aromatic rings. The predicted octanol–water partition coefficient (Wildman–Crippen LogP) is 1.85. The minimum atomic E-state index is 0.208. The van der Waals surface area contributed by atoms with Crippen LogP contribution in [0.25, 0.3) is 0 Å². The smallest absolute Gasteiger partial charge is 0.0587 e. The molecule has 0 saturated heterocycles. The van der Waals surface area contributed by atoms with Crippen molar-refractivity contribution in [3.8, 4) is 0 Å². The van der Waals surface area contributed by atoms with Crippen LogP contribution < -0.4 is 5.32 Å². The first-order valence-corrected chi connectivity index (χ1v) is 5.53. The Bertz CT molecular complexity index is 221. The highest BCUT2D eigenvalue weighted by atomic mass is 32.1. The summed E-state index contributed by atoms with van der Waals surface area (Å²) in [5.41, 5.74) is 1.30. The van der Waals surface area contributed by atoms with Crippen LogP contribution in [0.3, 0.4) is 0 Å². The van der Waals surface area contributed by atoms with Crippen LogP contribution in [0.1, 0.15) is 19.4 Å². The molecule has 1 heterocycles. The fourth-order valence-corrected chi connectivity index (χ4v) is 1.82. The summed E-state index contributed by atoms with van der Waals surface area (Å²) >= 11 is 1.70. The minimum Gasteiger partial charge on any atom is -0.395 e. The van der Waals surface area contributed by atoms with Gasteiger partial charge in [-0.2, -0.15) is 11.3 Å². The van der Waals surface area contributed by atoms with Gasteiger partial charge in [-0.15, -0.1) is 0 Å². The molecular weight excluding hydrogens is 182 g/mol. The first-order valence-electron chi connectivity index (χ1n) is 4.59. The van der Waals surface area contributed by atoms with Crippen molar-refractivity contribution in [3.05, 3.63) is 22.4 Å². The zero-order valence-electron chi connectivity index (χ0n) is 8.16. The van der Waals surface area contributed by atoms with Gasteiger partial charge < -0.3 is 10.4 Å². The van der Waals surface area contributed by atoms with E-state index in [-0.39, 0.29) is 12.6 Å². The molecule has 1 aromatic heterocycles. The molecule has 0 aliphatic rings. The maximum Gasteiger partial charge on any atom is 0.0587 e. The zero-order valence-corrected chi connectivity index (χ0v) is 8.97. The summed E-state index contributed by atoms with van der Waals surface area (Å²) in [4.78, 5) is 0. The lowest BCUT2D eigenvalue weighted by molar-refractivity contribution is 0.210. The SMILES string of the molecule is CC(C)[C@@H](CO)NCc1ccsc1. The second-order valence-electron chi connectivity index (χ2n) is 3.55. The van der Waals surface area contributed by atoms with E-state index >= 15 is 0 Å². The van der Waals surface area contributed by atoms with Crippen LogP contribution in [0, 0.1) is 5.92 Å². The van der Waals surface area contributed by atoms with Gasteiger partial charge in [-0.25, -0.2) is 0 Å². The lowest BCUT2D eigenvalue weighted by Crippen LogP contribution is -2.36. The Labute approximate surface area is 83.6 Å². The third-order valence-electron chi connectivity index (χ3n) is 2.15. The van der Waals surface area contributed by atoms with Crippen LogP contribution in [-0.4, -0.2) is 17.8 Å². The predicted molar refractivity (Wildman–Crippen MR) is 56.9 cm³/mol. The highest BCUT2D eigenvalue weighted by Gasteiger charge is 2.10. The van der Waals surface area contributed by atoms with Crippen molar-refractivity contribution >= 4 is 11.3 Å². The van der Waals surface area contributed by atoms with E-state index in [0.29, 0.717) is 5.92 Å². The summed E-state index contributed by atoms with van der Waals surface area (Å²) in [7, 11) is 0. The number of aliphatic hydroxyl groups is 1. The van der Waals surface area contributed by atoms with Crippen LogP contribution >= 0.6 is 11.3 Å². The fourth-order valence-electron chi connectivity index (χ4n) is 1.15. The van der Waals surface area contributed by atoms with Gasteiger partial charge in [0.05, 0.1) is 6.61 Å². The van der Waals surface area contributed by atoms with E-state index in [1.54, 1.807) is 11.3 Å². The number of hydrogen-bond acceptors (Lipinski definition) is 3. The number of thiophene rings is 1. The molecule has 74 valence electrons. The first-order chi connectivity index (χ1) is 6.24. The van der Waals surface area contributed by atoms with Crippen LogP contribution in [0.15, 0.2) is 16.8 Å². The Morgan fingerprint density at radius 1 is 1.54 bits per heavy atom. The molecule has 0 bridgehead atoms. The van der Waals surface area contributed by atoms with Crippen molar-refractivity contribution in [1.82, 2.24) is 5.32 Å². The first kappa shape index (κ1) is 10.7. The second kappa shape index (κ2) is 5.37. The van der Waals surface area contributed by atoms with E-state index < -0.39 is 0 Å². The molecule has 0 fully saturated rings. The topological polar surface area (TPSA) is 32.3 Å². The molecule has 0 radical (unpaired) electrons. The summed E-state index contributed by atoms with van der Waals surface area (Å²) in [6.07, 6.45) is 0. The molecular formula is C10H17NOS. The number of nitrogens with one attached hydrogen (secondary N) is 1. The lowest BCUT2D eigenvalue weighted by Gasteiger charge is -2.19. The maximum absolute atomic E-state index is 9.07. The second-order valence-corrected chi connectivity index (χ2v) is 4.33. The van der Waals surface area contributed by atoms with Crippen molar-refractivity contribution in [1.29, 1.82) is 0 Å². The molecule has 2 nitrogen and oxygen atoms in total. The molecule has 1 atom stereocenters. The molecule has 3 heteroatoms. The minimum absolute atomic E-state index is 0.208. The highest BCUT2D eigenvalue weighted by molar-refractivity contribution is 7.07. The molecule has 1 rings (SSSR count). The Hall–Kier alpha value is -0.380. The normalized spacial score (nSPS) is 13.5. The third kappa shape index (κ3) is 3.46. The van der Waals surface area contributed by atoms with E-state index in [2.05, 4.69) is 36.0 Å². The summed E-state index contributed by atoms with van der Waals surface area (Å²) in [6.45, 7) is 5.29. The molecule has 2 N–H and O–H groups in total. The maximum atomic E-state index is 9.07. The summed E-state index contributed by atoms with van der Waals surface area (Å²) < 4.78 is 0. The van der Waals surface area contributed by atoms with E-state index in [0.717, 1.165) is 6.54 Å². The van der Waals surface area contributed by atoms with E-state index in [1.165, 1.54) is 5.56 Å². The van der Waals surface area contributed by atoms with Gasteiger partial charge in [0.25, 0.3) is 0 Å². The van der Waals surface area contributed by atoms with Gasteiger partial charge in [0.1, 0.15) is 0 Å². The van der Waals surface area contributed by atoms with Gasteiger partial charge in [-0.1, -0.05) is 13.8 Å². The molecule has 13 heavy (non-hydrogen) atoms. The molecule has 0 spiro atoms. The van der Waals surface area contributed by atoms with Crippen molar-refractivity contribution in [2.75, 3.05) is 6.61 Å². The molecule has 0 aromatic carbocycles. The van der Waals surface area contributed by atoms with Crippen molar-refractivity contribution in [3.63, 3.8) is 0 Å². The average Bonchev–Trinajstić information content (AvgIpc) is 2.57. The number of hydrogen-bond donors (Lipinski definition) is 2. The van der Waals surface area contributed by atoms with E-state index in [1.807, 2.05) is 0 Å². The molecule has 0 aliphatic heterocycles. The van der Waals surface area contributed by atoms with Crippen LogP contribution in [0.5, 0.6) is 0 Å². The summed E-state index contributed by atoms with van der Waals surface area (Å²) in [5, 5.41) is 16.6. The van der Waals surface area contributed by atoms with Crippen molar-refractivity contribution < 1.29 is 5.11 Å². The van der Waals surface area contributed by atoms with Gasteiger partial charge in [-0.05, 0) is 28.3 Å². The van der Waals surface area contributed by atoms with Crippen molar-refractivity contribution in [2.24, 2.45) is 5.92 Å². The van der Waals surface area contributed by atoms with Crippen LogP contribution in [0.2, 0.25) is 0 Å². The van der Waals surface area contributed by atoms with Crippen molar-refractivity contribution in [2.45, 2.75) is 26.4 Å². The molecule has 0 amide bonds. The summed E-state index contributed by atoms with van der Waals surface area (Å²) in [6, 6.07) is 2.31. The van der Waals surface area contributed by atoms with Crippen LogP contribution in [0.4, 0.5) is 0 Å². The Balaban J connectivity index is 2.32. The Morgan fingerprint density at radius 2 is 2.31 bits per heavy atom. The standard InChI is InChI=1S/C10H17NOS/c1-8(2)10(6-12)11-5-9-3-4-13-7-9/h3-4,7-8,10-12H,5-6H2,1-2H3/t10-/m1/s1.